The molecule has 1 atom stereocenters. The Bertz CT molecular complexity index is 971. The second-order valence-corrected chi connectivity index (χ2v) is 6.81. The highest BCUT2D eigenvalue weighted by molar-refractivity contribution is 6.05. The van der Waals surface area contributed by atoms with Crippen molar-refractivity contribution in [3.63, 3.8) is 0 Å². The van der Waals surface area contributed by atoms with Gasteiger partial charge in [0.25, 0.3) is 5.91 Å². The van der Waals surface area contributed by atoms with Crippen LogP contribution in [0.5, 0.6) is 0 Å². The summed E-state index contributed by atoms with van der Waals surface area (Å²) in [5.74, 6) is 1.53. The first-order valence-corrected chi connectivity index (χ1v) is 8.75. The molecule has 1 amide bonds. The normalized spacial score (nSPS) is 17.2. The molecule has 0 aliphatic carbocycles. The number of nitrogens with zero attached hydrogens (tertiary/aromatic N) is 3. The monoisotopic (exact) mass is 350 g/mol. The Kier molecular flexibility index (Phi) is 4.12. The summed E-state index contributed by atoms with van der Waals surface area (Å²) in [6.45, 7) is 7.43. The topological polar surface area (TPSA) is 65.4 Å². The van der Waals surface area contributed by atoms with E-state index in [9.17, 15) is 4.79 Å². The third-order valence-corrected chi connectivity index (χ3v) is 5.12. The van der Waals surface area contributed by atoms with Gasteiger partial charge in [0.1, 0.15) is 11.5 Å². The lowest BCUT2D eigenvalue weighted by molar-refractivity contribution is 0.0660. The van der Waals surface area contributed by atoms with Gasteiger partial charge in [-0.25, -0.2) is 0 Å². The van der Waals surface area contributed by atoms with Crippen molar-refractivity contribution in [2.75, 3.05) is 20.1 Å². The number of aryl methyl sites for hydroxylation is 1. The van der Waals surface area contributed by atoms with E-state index < -0.39 is 0 Å². The summed E-state index contributed by atoms with van der Waals surface area (Å²) in [6.07, 6.45) is 2.69. The van der Waals surface area contributed by atoms with E-state index in [1.807, 2.05) is 37.3 Å². The molecule has 1 aliphatic rings. The lowest BCUT2D eigenvalue weighted by Gasteiger charge is -2.40. The molecule has 0 radical (unpaired) electrons. The predicted octanol–water partition coefficient (Wildman–Crippen LogP) is 3.42. The zero-order chi connectivity index (χ0) is 18.3. The van der Waals surface area contributed by atoms with Crippen molar-refractivity contribution in [2.45, 2.75) is 19.4 Å². The standard InChI is InChI=1S/C20H22N4O2/c1-4-24(12-15-9-10-23(15)3)20(25)19-16-7-6-14(11-17(16)21-22-19)18-8-5-13(2)26-18/h4-8,11,15H,1,9-10,12H2,2-3H3,(H,21,22)/t15-/m0/s1. The molecule has 1 N–H and O–H groups in total. The Labute approximate surface area is 152 Å². The van der Waals surface area contributed by atoms with Crippen LogP contribution in [-0.2, 0) is 0 Å². The van der Waals surface area contributed by atoms with Gasteiger partial charge in [0.15, 0.2) is 5.69 Å². The van der Waals surface area contributed by atoms with Crippen molar-refractivity contribution >= 4 is 16.8 Å². The predicted molar refractivity (Wildman–Crippen MR) is 101 cm³/mol. The summed E-state index contributed by atoms with van der Waals surface area (Å²) in [5, 5.41) is 8.04. The molecule has 2 aromatic heterocycles. The van der Waals surface area contributed by atoms with Gasteiger partial charge in [0, 0.05) is 29.7 Å². The van der Waals surface area contributed by atoms with E-state index in [4.69, 9.17) is 4.42 Å². The van der Waals surface area contributed by atoms with Crippen LogP contribution in [0.25, 0.3) is 22.2 Å². The van der Waals surface area contributed by atoms with Crippen LogP contribution in [0.4, 0.5) is 0 Å². The molecular formula is C20H22N4O2. The maximum absolute atomic E-state index is 12.9. The number of hydrogen-bond donors (Lipinski definition) is 1. The number of carbonyl (C=O) groups is 1. The van der Waals surface area contributed by atoms with E-state index in [1.54, 1.807) is 11.1 Å². The second-order valence-electron chi connectivity index (χ2n) is 6.81. The van der Waals surface area contributed by atoms with Gasteiger partial charge in [-0.1, -0.05) is 12.6 Å². The van der Waals surface area contributed by atoms with Gasteiger partial charge in [-0.05, 0) is 51.2 Å². The second kappa shape index (κ2) is 6.46. The van der Waals surface area contributed by atoms with E-state index in [0.29, 0.717) is 18.3 Å². The summed E-state index contributed by atoms with van der Waals surface area (Å²) in [7, 11) is 2.07. The number of rotatable bonds is 5. The third kappa shape index (κ3) is 2.82. The van der Waals surface area contributed by atoms with Gasteiger partial charge in [-0.2, -0.15) is 5.10 Å². The average Bonchev–Trinajstić information content (AvgIpc) is 3.26. The molecule has 3 aromatic rings. The number of aromatic amines is 1. The van der Waals surface area contributed by atoms with Crippen LogP contribution < -0.4 is 0 Å². The van der Waals surface area contributed by atoms with Crippen LogP contribution in [0.1, 0.15) is 22.7 Å². The van der Waals surface area contributed by atoms with Gasteiger partial charge >= 0.3 is 0 Å². The Balaban J connectivity index is 1.61. The zero-order valence-corrected chi connectivity index (χ0v) is 15.0. The van der Waals surface area contributed by atoms with Crippen LogP contribution in [0.15, 0.2) is 47.5 Å². The lowest BCUT2D eigenvalue weighted by Crippen LogP contribution is -2.51. The molecule has 4 rings (SSSR count). The van der Waals surface area contributed by atoms with E-state index in [-0.39, 0.29) is 5.91 Å². The number of carbonyl (C=O) groups excluding carboxylic acids is 1. The molecular weight excluding hydrogens is 328 g/mol. The number of hydrogen-bond acceptors (Lipinski definition) is 4. The fraction of sp³-hybridized carbons (Fsp3) is 0.300. The maximum Gasteiger partial charge on any atom is 0.278 e. The van der Waals surface area contributed by atoms with Crippen LogP contribution in [0.3, 0.4) is 0 Å². The lowest BCUT2D eigenvalue weighted by atomic mass is 10.0. The number of benzene rings is 1. The first-order chi connectivity index (χ1) is 12.6. The third-order valence-electron chi connectivity index (χ3n) is 5.12. The van der Waals surface area contributed by atoms with E-state index in [0.717, 1.165) is 41.0 Å². The van der Waals surface area contributed by atoms with Crippen molar-refractivity contribution < 1.29 is 9.21 Å². The van der Waals surface area contributed by atoms with Gasteiger partial charge in [-0.3, -0.25) is 9.89 Å². The van der Waals surface area contributed by atoms with Gasteiger partial charge < -0.3 is 14.2 Å². The smallest absolute Gasteiger partial charge is 0.278 e. The molecule has 6 nitrogen and oxygen atoms in total. The van der Waals surface area contributed by atoms with Gasteiger partial charge in [0.05, 0.1) is 5.52 Å². The highest BCUT2D eigenvalue weighted by atomic mass is 16.3. The van der Waals surface area contributed by atoms with Crippen molar-refractivity contribution in [1.82, 2.24) is 20.0 Å². The highest BCUT2D eigenvalue weighted by Crippen LogP contribution is 2.27. The molecule has 0 bridgehead atoms. The fourth-order valence-corrected chi connectivity index (χ4v) is 3.33. The minimum Gasteiger partial charge on any atom is -0.461 e. The Morgan fingerprint density at radius 1 is 1.46 bits per heavy atom. The van der Waals surface area contributed by atoms with Crippen LogP contribution in [0.2, 0.25) is 0 Å². The maximum atomic E-state index is 12.9. The Hall–Kier alpha value is -2.86. The number of fused-ring (bicyclic) bond motifs is 1. The van der Waals surface area contributed by atoms with Crippen molar-refractivity contribution in [1.29, 1.82) is 0 Å². The molecule has 0 unspecified atom stereocenters. The molecule has 6 heteroatoms. The number of likely N-dealkylation sites (tertiary alicyclic amines) is 1. The van der Waals surface area contributed by atoms with Crippen LogP contribution in [0, 0.1) is 6.92 Å². The van der Waals surface area contributed by atoms with Crippen LogP contribution >= 0.6 is 0 Å². The van der Waals surface area contributed by atoms with Crippen molar-refractivity contribution in [3.05, 3.63) is 54.6 Å². The first kappa shape index (κ1) is 16.6. The molecule has 0 spiro atoms. The quantitative estimate of drug-likeness (QED) is 0.766. The number of amides is 1. The SMILES string of the molecule is C=CN(C[C@@H]1CCN1C)C(=O)c1n[nH]c2cc(-c3ccc(C)o3)ccc12. The zero-order valence-electron chi connectivity index (χ0n) is 15.0. The summed E-state index contributed by atoms with van der Waals surface area (Å²) in [5.41, 5.74) is 2.18. The van der Waals surface area contributed by atoms with Crippen molar-refractivity contribution in [2.24, 2.45) is 0 Å². The van der Waals surface area contributed by atoms with E-state index >= 15 is 0 Å². The number of aromatic nitrogens is 2. The van der Waals surface area contributed by atoms with E-state index in [1.165, 1.54) is 0 Å². The molecule has 1 aliphatic heterocycles. The Morgan fingerprint density at radius 3 is 2.92 bits per heavy atom. The summed E-state index contributed by atoms with van der Waals surface area (Å²) in [6, 6.07) is 10.1. The van der Waals surface area contributed by atoms with Gasteiger partial charge in [-0.15, -0.1) is 0 Å². The average molecular weight is 350 g/mol. The summed E-state index contributed by atoms with van der Waals surface area (Å²) in [4.78, 5) is 16.8. The molecule has 1 aromatic carbocycles. The Morgan fingerprint density at radius 2 is 2.31 bits per heavy atom. The van der Waals surface area contributed by atoms with E-state index in [2.05, 4.69) is 28.7 Å². The molecule has 1 saturated heterocycles. The molecule has 3 heterocycles. The molecule has 134 valence electrons. The minimum atomic E-state index is -0.131. The van der Waals surface area contributed by atoms with Crippen molar-refractivity contribution in [3.8, 4) is 11.3 Å². The first-order valence-electron chi connectivity index (χ1n) is 8.75. The minimum absolute atomic E-state index is 0.131. The molecule has 0 saturated carbocycles. The molecule has 26 heavy (non-hydrogen) atoms. The largest absolute Gasteiger partial charge is 0.461 e. The molecule has 1 fully saturated rings. The summed E-state index contributed by atoms with van der Waals surface area (Å²) < 4.78 is 5.67. The highest BCUT2D eigenvalue weighted by Gasteiger charge is 2.29. The van der Waals surface area contributed by atoms with Gasteiger partial charge in [0.2, 0.25) is 0 Å². The summed E-state index contributed by atoms with van der Waals surface area (Å²) >= 11 is 0. The van der Waals surface area contributed by atoms with Crippen LogP contribution in [-0.4, -0.2) is 52.1 Å². The number of H-pyrrole nitrogens is 1. The fourth-order valence-electron chi connectivity index (χ4n) is 3.33. The number of furan rings is 1. The number of nitrogens with one attached hydrogen (secondary N) is 1. The number of likely N-dealkylation sites (N-methyl/N-ethyl adjacent to an activating group) is 1.